The van der Waals surface area contributed by atoms with E-state index in [-0.39, 0.29) is 13.3 Å². The first kappa shape index (κ1) is 24.1. The quantitative estimate of drug-likeness (QED) is 0.400. The molecule has 1 aromatic carbocycles. The van der Waals surface area contributed by atoms with Gasteiger partial charge in [-0.25, -0.2) is 10.6 Å². The van der Waals surface area contributed by atoms with Crippen molar-refractivity contribution in [3.05, 3.63) is 59.4 Å². The molecule has 3 N–H and O–H groups in total. The smallest absolute Gasteiger partial charge is 0.421 e. The summed E-state index contributed by atoms with van der Waals surface area (Å²) in [7, 11) is 0. The molecule has 8 heteroatoms. The normalized spacial score (nSPS) is 13.4. The zero-order chi connectivity index (χ0) is 21.3. The molecule has 1 saturated heterocycles. The van der Waals surface area contributed by atoms with Gasteiger partial charge in [0, 0.05) is 45.2 Å². The van der Waals surface area contributed by atoms with Crippen LogP contribution in [0.5, 0.6) is 0 Å². The summed E-state index contributed by atoms with van der Waals surface area (Å²) >= 11 is 0. The van der Waals surface area contributed by atoms with Crippen LogP contribution >= 0.6 is 0 Å². The lowest BCUT2D eigenvalue weighted by molar-refractivity contribution is -0.129. The molecular weight excluding hydrogens is 394 g/mol. The van der Waals surface area contributed by atoms with Gasteiger partial charge in [0.2, 0.25) is 5.91 Å². The van der Waals surface area contributed by atoms with Crippen LogP contribution in [0.1, 0.15) is 31.2 Å². The van der Waals surface area contributed by atoms with Crippen LogP contribution in [0.3, 0.4) is 0 Å². The number of nitrogens with two attached hydrogens (primary N) is 1. The molecule has 0 spiro atoms. The van der Waals surface area contributed by atoms with Crippen LogP contribution in [0.25, 0.3) is 0 Å². The van der Waals surface area contributed by atoms with E-state index < -0.39 is 6.09 Å². The Morgan fingerprint density at radius 2 is 1.65 bits per heavy atom. The minimum atomic E-state index is -0.622. The van der Waals surface area contributed by atoms with Gasteiger partial charge in [0.15, 0.2) is 0 Å². The number of hydrogen-bond donors (Lipinski definition) is 2. The molecule has 1 aromatic heterocycles. The average Bonchev–Trinajstić information content (AvgIpc) is 2.79. The van der Waals surface area contributed by atoms with E-state index in [9.17, 15) is 9.59 Å². The first-order valence-electron chi connectivity index (χ1n) is 10.2. The van der Waals surface area contributed by atoms with E-state index in [4.69, 9.17) is 10.6 Å². The van der Waals surface area contributed by atoms with Gasteiger partial charge in [-0.05, 0) is 36.1 Å². The van der Waals surface area contributed by atoms with Crippen molar-refractivity contribution in [2.24, 2.45) is 5.84 Å². The number of anilines is 1. The van der Waals surface area contributed by atoms with Gasteiger partial charge in [-0.15, -0.1) is 0 Å². The number of pyridine rings is 1. The monoisotopic (exact) mass is 427 g/mol. The predicted octanol–water partition coefficient (Wildman–Crippen LogP) is 2.31. The highest BCUT2D eigenvalue weighted by Crippen LogP contribution is 2.17. The molecule has 0 saturated carbocycles. The maximum absolute atomic E-state index is 11.4. The fraction of sp³-hybridized carbons (Fsp3) is 0.435. The number of nitrogens with one attached hydrogen (secondary N) is 1. The largest absolute Gasteiger partial charge is 0.448 e. The molecule has 0 unspecified atom stereocenters. The number of carbonyl (C=O) groups is 2. The van der Waals surface area contributed by atoms with Crippen molar-refractivity contribution in [2.45, 2.75) is 33.6 Å². The Hall–Kier alpha value is -3.13. The lowest BCUT2D eigenvalue weighted by Gasteiger charge is -2.35. The van der Waals surface area contributed by atoms with Gasteiger partial charge in [0.1, 0.15) is 0 Å². The van der Waals surface area contributed by atoms with Gasteiger partial charge in [-0.3, -0.25) is 15.2 Å². The summed E-state index contributed by atoms with van der Waals surface area (Å²) in [5.74, 6) is 5.11. The minimum absolute atomic E-state index is 0. The SMILES string of the molecule is C.CC(=O)N1CCN(c2ccc(CCc3ccc(CCOC(=O)NN)cc3)nc2)CC1. The molecule has 2 aromatic rings. The molecule has 1 aliphatic heterocycles. The number of ether oxygens (including phenoxy) is 1. The highest BCUT2D eigenvalue weighted by Gasteiger charge is 2.18. The molecule has 0 radical (unpaired) electrons. The summed E-state index contributed by atoms with van der Waals surface area (Å²) in [6, 6.07) is 12.5. The third-order valence-corrected chi connectivity index (χ3v) is 5.33. The number of nitrogens with zero attached hydrogens (tertiary/aromatic N) is 3. The molecule has 2 heterocycles. The molecule has 1 aliphatic rings. The van der Waals surface area contributed by atoms with Crippen LogP contribution in [0.4, 0.5) is 10.5 Å². The lowest BCUT2D eigenvalue weighted by atomic mass is 10.0. The number of benzene rings is 1. The number of piperazine rings is 1. The molecule has 31 heavy (non-hydrogen) atoms. The number of hydrazine groups is 1. The zero-order valence-electron chi connectivity index (χ0n) is 17.3. The van der Waals surface area contributed by atoms with Gasteiger partial charge < -0.3 is 14.5 Å². The number of carbonyl (C=O) groups excluding carboxylic acids is 2. The third-order valence-electron chi connectivity index (χ3n) is 5.33. The Morgan fingerprint density at radius 1 is 1.00 bits per heavy atom. The van der Waals surface area contributed by atoms with E-state index in [0.717, 1.165) is 56.0 Å². The number of amides is 2. The number of hydrogen-bond acceptors (Lipinski definition) is 6. The van der Waals surface area contributed by atoms with Gasteiger partial charge in [-0.1, -0.05) is 31.7 Å². The molecule has 8 nitrogen and oxygen atoms in total. The van der Waals surface area contributed by atoms with E-state index in [1.807, 2.05) is 16.5 Å². The second-order valence-electron chi connectivity index (χ2n) is 7.35. The maximum atomic E-state index is 11.4. The van der Waals surface area contributed by atoms with Gasteiger partial charge >= 0.3 is 6.09 Å². The zero-order valence-corrected chi connectivity index (χ0v) is 17.3. The fourth-order valence-electron chi connectivity index (χ4n) is 3.48. The third kappa shape index (κ3) is 7.25. The maximum Gasteiger partial charge on any atom is 0.421 e. The van der Waals surface area contributed by atoms with Gasteiger partial charge in [-0.2, -0.15) is 0 Å². The summed E-state index contributed by atoms with van der Waals surface area (Å²) < 4.78 is 4.90. The van der Waals surface area contributed by atoms with Crippen molar-refractivity contribution in [1.82, 2.24) is 15.3 Å². The van der Waals surface area contributed by atoms with Crippen LogP contribution in [-0.2, 0) is 28.8 Å². The van der Waals surface area contributed by atoms with E-state index in [1.165, 1.54) is 5.56 Å². The Balaban J connectivity index is 0.00000341. The molecule has 168 valence electrons. The molecule has 0 atom stereocenters. The van der Waals surface area contributed by atoms with Crippen LogP contribution in [0.15, 0.2) is 42.6 Å². The topological polar surface area (TPSA) is 101 Å². The van der Waals surface area contributed by atoms with Crippen molar-refractivity contribution in [1.29, 1.82) is 0 Å². The Labute approximate surface area is 184 Å². The van der Waals surface area contributed by atoms with E-state index in [2.05, 4.69) is 46.3 Å². The number of aryl methyl sites for hydroxylation is 2. The second kappa shape index (κ2) is 11.9. The summed E-state index contributed by atoms with van der Waals surface area (Å²) in [5.41, 5.74) is 6.45. The molecule has 3 rings (SSSR count). The highest BCUT2D eigenvalue weighted by atomic mass is 16.5. The highest BCUT2D eigenvalue weighted by molar-refractivity contribution is 5.73. The minimum Gasteiger partial charge on any atom is -0.448 e. The molecule has 0 bridgehead atoms. The Bertz CT molecular complexity index is 831. The standard InChI is InChI=1S/C22H29N5O3.CH4/c1-17(28)26-11-13-27(14-12-26)21-9-8-20(24-16-21)7-6-18-2-4-19(5-3-18)10-15-30-22(29)25-23;/h2-5,8-9,16H,6-7,10-15,23H2,1H3,(H,25,29);1H4. The van der Waals surface area contributed by atoms with E-state index >= 15 is 0 Å². The predicted molar refractivity (Wildman–Crippen MR) is 122 cm³/mol. The first-order chi connectivity index (χ1) is 14.5. The van der Waals surface area contributed by atoms with Crippen molar-refractivity contribution < 1.29 is 14.3 Å². The summed E-state index contributed by atoms with van der Waals surface area (Å²) in [6.45, 7) is 5.13. The lowest BCUT2D eigenvalue weighted by Crippen LogP contribution is -2.48. The summed E-state index contributed by atoms with van der Waals surface area (Å²) in [5, 5.41) is 0. The summed E-state index contributed by atoms with van der Waals surface area (Å²) in [6.07, 6.45) is 3.74. The first-order valence-corrected chi connectivity index (χ1v) is 10.2. The molecular formula is C23H33N5O3. The molecule has 2 amide bonds. The van der Waals surface area contributed by atoms with Crippen LogP contribution in [-0.4, -0.2) is 54.7 Å². The van der Waals surface area contributed by atoms with E-state index in [0.29, 0.717) is 13.0 Å². The fourth-order valence-corrected chi connectivity index (χ4v) is 3.48. The van der Waals surface area contributed by atoms with Crippen molar-refractivity contribution >= 4 is 17.7 Å². The van der Waals surface area contributed by atoms with Gasteiger partial charge in [0.25, 0.3) is 0 Å². The van der Waals surface area contributed by atoms with Crippen molar-refractivity contribution in [3.8, 4) is 0 Å². The van der Waals surface area contributed by atoms with Crippen LogP contribution in [0.2, 0.25) is 0 Å². The molecule has 1 fully saturated rings. The Morgan fingerprint density at radius 3 is 2.19 bits per heavy atom. The average molecular weight is 428 g/mol. The van der Waals surface area contributed by atoms with Crippen molar-refractivity contribution in [3.63, 3.8) is 0 Å². The molecule has 0 aliphatic carbocycles. The van der Waals surface area contributed by atoms with Gasteiger partial charge in [0.05, 0.1) is 18.5 Å². The second-order valence-corrected chi connectivity index (χ2v) is 7.35. The number of rotatable bonds is 7. The van der Waals surface area contributed by atoms with Crippen LogP contribution in [0, 0.1) is 0 Å². The Kier molecular flexibility index (Phi) is 9.27. The van der Waals surface area contributed by atoms with Crippen LogP contribution < -0.4 is 16.2 Å². The van der Waals surface area contributed by atoms with E-state index in [1.54, 1.807) is 6.92 Å². The number of aromatic nitrogens is 1. The van der Waals surface area contributed by atoms with Crippen molar-refractivity contribution in [2.75, 3.05) is 37.7 Å². The summed E-state index contributed by atoms with van der Waals surface area (Å²) in [4.78, 5) is 31.2.